The Morgan fingerprint density at radius 3 is 2.62 bits per heavy atom. The molecular weight excluding hydrogens is 246 g/mol. The van der Waals surface area contributed by atoms with Gasteiger partial charge in [-0.05, 0) is 25.0 Å². The van der Waals surface area contributed by atoms with Gasteiger partial charge in [-0.15, -0.1) is 0 Å². The van der Waals surface area contributed by atoms with Gasteiger partial charge in [0.05, 0.1) is 12.4 Å². The highest BCUT2D eigenvalue weighted by Crippen LogP contribution is 2.20. The molecule has 0 amide bonds. The van der Waals surface area contributed by atoms with Crippen LogP contribution in [0.25, 0.3) is 0 Å². The van der Waals surface area contributed by atoms with Crippen LogP contribution in [0.1, 0.15) is 19.3 Å². The first-order valence-corrected chi connectivity index (χ1v) is 8.85. The molecule has 1 saturated carbocycles. The Kier molecular flexibility index (Phi) is 6.10. The summed E-state index contributed by atoms with van der Waals surface area (Å²) in [6, 6.07) is 0.788. The third-order valence-electron chi connectivity index (χ3n) is 2.48. The molecule has 1 rings (SSSR count). The minimum atomic E-state index is -2.83. The fraction of sp³-hybridized carbons (Fsp3) is 1.00. The molecule has 0 aromatic rings. The maximum Gasteiger partial charge on any atom is 0.148 e. The highest BCUT2D eigenvalue weighted by atomic mass is 32.2. The summed E-state index contributed by atoms with van der Waals surface area (Å²) in [5.74, 6) is 1.80. The van der Waals surface area contributed by atoms with Crippen molar-refractivity contribution in [1.29, 1.82) is 0 Å². The standard InChI is InChI=1S/C10H21NO3S2/c1-16(13,14)7-6-15-5-4-10(8-12)11-9-2-3-9/h9-12H,2-8H2,1H3. The van der Waals surface area contributed by atoms with Crippen LogP contribution in [0, 0.1) is 0 Å². The van der Waals surface area contributed by atoms with E-state index in [0.29, 0.717) is 11.8 Å². The fourth-order valence-corrected chi connectivity index (χ4v) is 3.69. The summed E-state index contributed by atoms with van der Waals surface area (Å²) in [4.78, 5) is 0. The van der Waals surface area contributed by atoms with E-state index in [9.17, 15) is 8.42 Å². The highest BCUT2D eigenvalue weighted by molar-refractivity contribution is 8.00. The first-order valence-electron chi connectivity index (χ1n) is 5.63. The second-order valence-corrected chi connectivity index (χ2v) is 7.84. The van der Waals surface area contributed by atoms with E-state index in [4.69, 9.17) is 5.11 Å². The molecule has 0 saturated heterocycles. The molecule has 16 heavy (non-hydrogen) atoms. The topological polar surface area (TPSA) is 66.4 Å². The first-order chi connectivity index (χ1) is 7.51. The van der Waals surface area contributed by atoms with Crippen LogP contribution in [-0.2, 0) is 9.84 Å². The average molecular weight is 267 g/mol. The molecule has 1 unspecified atom stereocenters. The Balaban J connectivity index is 1.99. The van der Waals surface area contributed by atoms with E-state index in [-0.39, 0.29) is 18.4 Å². The van der Waals surface area contributed by atoms with E-state index in [2.05, 4.69) is 5.32 Å². The molecule has 1 fully saturated rings. The largest absolute Gasteiger partial charge is 0.395 e. The van der Waals surface area contributed by atoms with Crippen LogP contribution in [0.5, 0.6) is 0 Å². The maximum atomic E-state index is 10.9. The van der Waals surface area contributed by atoms with Crippen molar-refractivity contribution in [3.63, 3.8) is 0 Å². The molecule has 0 aromatic carbocycles. The molecule has 0 spiro atoms. The Morgan fingerprint density at radius 1 is 1.44 bits per heavy atom. The summed E-state index contributed by atoms with van der Waals surface area (Å²) >= 11 is 1.64. The quantitative estimate of drug-likeness (QED) is 0.587. The van der Waals surface area contributed by atoms with E-state index in [1.54, 1.807) is 11.8 Å². The first kappa shape index (κ1) is 14.3. The van der Waals surface area contributed by atoms with Gasteiger partial charge in [-0.1, -0.05) is 0 Å². The Bertz CT molecular complexity index is 288. The van der Waals surface area contributed by atoms with Crippen molar-refractivity contribution in [2.75, 3.05) is 30.1 Å². The van der Waals surface area contributed by atoms with Gasteiger partial charge in [-0.3, -0.25) is 0 Å². The van der Waals surface area contributed by atoms with Crippen LogP contribution in [-0.4, -0.2) is 55.7 Å². The van der Waals surface area contributed by atoms with Crippen LogP contribution < -0.4 is 5.32 Å². The van der Waals surface area contributed by atoms with Gasteiger partial charge in [-0.2, -0.15) is 11.8 Å². The lowest BCUT2D eigenvalue weighted by molar-refractivity contribution is 0.239. The van der Waals surface area contributed by atoms with Crippen molar-refractivity contribution in [3.8, 4) is 0 Å². The van der Waals surface area contributed by atoms with Crippen LogP contribution in [0.15, 0.2) is 0 Å². The van der Waals surface area contributed by atoms with Crippen molar-refractivity contribution >= 4 is 21.6 Å². The van der Waals surface area contributed by atoms with Crippen molar-refractivity contribution in [1.82, 2.24) is 5.32 Å². The summed E-state index contributed by atoms with van der Waals surface area (Å²) in [5, 5.41) is 12.5. The number of thioether (sulfide) groups is 1. The van der Waals surface area contributed by atoms with E-state index in [1.807, 2.05) is 0 Å². The third-order valence-corrected chi connectivity index (χ3v) is 4.70. The van der Waals surface area contributed by atoms with E-state index in [0.717, 1.165) is 12.2 Å². The zero-order chi connectivity index (χ0) is 12.0. The molecule has 0 heterocycles. The number of hydrogen-bond donors (Lipinski definition) is 2. The Hall–Kier alpha value is 0.220. The maximum absolute atomic E-state index is 10.9. The lowest BCUT2D eigenvalue weighted by Crippen LogP contribution is -2.34. The van der Waals surface area contributed by atoms with Gasteiger partial charge in [0.15, 0.2) is 0 Å². The molecule has 0 aromatic heterocycles. The fourth-order valence-electron chi connectivity index (χ4n) is 1.35. The van der Waals surface area contributed by atoms with Crippen LogP contribution in [0.2, 0.25) is 0 Å². The van der Waals surface area contributed by atoms with Gasteiger partial charge >= 0.3 is 0 Å². The minimum absolute atomic E-state index is 0.170. The molecule has 1 atom stereocenters. The third kappa shape index (κ3) is 7.49. The zero-order valence-corrected chi connectivity index (χ0v) is 11.3. The summed E-state index contributed by atoms with van der Waals surface area (Å²) < 4.78 is 21.7. The summed E-state index contributed by atoms with van der Waals surface area (Å²) in [6.07, 6.45) is 4.61. The Morgan fingerprint density at radius 2 is 2.12 bits per heavy atom. The van der Waals surface area contributed by atoms with Crippen molar-refractivity contribution in [2.24, 2.45) is 0 Å². The zero-order valence-electron chi connectivity index (χ0n) is 9.68. The Labute approximate surface area is 102 Å². The number of aliphatic hydroxyl groups excluding tert-OH is 1. The SMILES string of the molecule is CS(=O)(=O)CCSCCC(CO)NC1CC1. The van der Waals surface area contributed by atoms with Gasteiger partial charge in [-0.25, -0.2) is 8.42 Å². The molecule has 0 aliphatic heterocycles. The number of rotatable bonds is 9. The predicted octanol–water partition coefficient (Wildman–Crippen LogP) is 0.267. The van der Waals surface area contributed by atoms with Crippen LogP contribution in [0.3, 0.4) is 0 Å². The molecule has 96 valence electrons. The smallest absolute Gasteiger partial charge is 0.148 e. The predicted molar refractivity (Wildman–Crippen MR) is 68.7 cm³/mol. The van der Waals surface area contributed by atoms with E-state index >= 15 is 0 Å². The molecule has 4 nitrogen and oxygen atoms in total. The minimum Gasteiger partial charge on any atom is -0.395 e. The number of hydrogen-bond acceptors (Lipinski definition) is 5. The van der Waals surface area contributed by atoms with E-state index < -0.39 is 9.84 Å². The van der Waals surface area contributed by atoms with E-state index in [1.165, 1.54) is 19.1 Å². The number of aliphatic hydroxyl groups is 1. The lowest BCUT2D eigenvalue weighted by atomic mass is 10.2. The highest BCUT2D eigenvalue weighted by Gasteiger charge is 2.23. The number of sulfone groups is 1. The van der Waals surface area contributed by atoms with Gasteiger partial charge in [0, 0.05) is 24.1 Å². The second kappa shape index (κ2) is 6.83. The summed E-state index contributed by atoms with van der Waals surface area (Å²) in [6.45, 7) is 0.170. The van der Waals surface area contributed by atoms with Gasteiger partial charge in [0.1, 0.15) is 9.84 Å². The van der Waals surface area contributed by atoms with Crippen molar-refractivity contribution in [3.05, 3.63) is 0 Å². The molecular formula is C10H21NO3S2. The monoisotopic (exact) mass is 267 g/mol. The van der Waals surface area contributed by atoms with Gasteiger partial charge in [0.25, 0.3) is 0 Å². The molecule has 2 N–H and O–H groups in total. The molecule has 1 aliphatic rings. The average Bonchev–Trinajstić information content (AvgIpc) is 2.97. The second-order valence-electron chi connectivity index (χ2n) is 4.35. The normalized spacial score (nSPS) is 18.6. The molecule has 0 radical (unpaired) electrons. The van der Waals surface area contributed by atoms with Crippen molar-refractivity contribution < 1.29 is 13.5 Å². The number of nitrogens with one attached hydrogen (secondary N) is 1. The molecule has 1 aliphatic carbocycles. The van der Waals surface area contributed by atoms with Crippen LogP contribution in [0.4, 0.5) is 0 Å². The summed E-state index contributed by atoms with van der Waals surface area (Å²) in [5.41, 5.74) is 0. The lowest BCUT2D eigenvalue weighted by Gasteiger charge is -2.15. The van der Waals surface area contributed by atoms with Gasteiger partial charge < -0.3 is 10.4 Å². The molecule has 6 heteroatoms. The van der Waals surface area contributed by atoms with Crippen LogP contribution >= 0.6 is 11.8 Å². The summed E-state index contributed by atoms with van der Waals surface area (Å²) in [7, 11) is -2.83. The molecule has 0 bridgehead atoms. The van der Waals surface area contributed by atoms with Crippen molar-refractivity contribution in [2.45, 2.75) is 31.3 Å². The van der Waals surface area contributed by atoms with Gasteiger partial charge in [0.2, 0.25) is 0 Å².